The van der Waals surface area contributed by atoms with Gasteiger partial charge in [-0.3, -0.25) is 4.79 Å². The van der Waals surface area contributed by atoms with Gasteiger partial charge in [0, 0.05) is 32.2 Å². The fourth-order valence-electron chi connectivity index (χ4n) is 2.18. The highest BCUT2D eigenvalue weighted by molar-refractivity contribution is 5.78. The standard InChI is InChI=1S/C15H18F2N2O4/c1-2-22-15(21)19-7-5-18(6-8-19)14(20)10-23-13-4-3-11(16)9-12(13)17/h3-4,9H,2,5-8,10H2,1H3. The van der Waals surface area contributed by atoms with Crippen LogP contribution in [0.3, 0.4) is 0 Å². The normalized spacial score (nSPS) is 14.6. The van der Waals surface area contributed by atoms with Crippen LogP contribution in [0.25, 0.3) is 0 Å². The number of benzene rings is 1. The third-order valence-corrected chi connectivity index (χ3v) is 3.40. The van der Waals surface area contributed by atoms with Gasteiger partial charge in [-0.25, -0.2) is 13.6 Å². The van der Waals surface area contributed by atoms with E-state index in [2.05, 4.69) is 0 Å². The number of amides is 2. The molecular formula is C15H18F2N2O4. The van der Waals surface area contributed by atoms with E-state index < -0.39 is 17.7 Å². The minimum Gasteiger partial charge on any atom is -0.481 e. The highest BCUT2D eigenvalue weighted by atomic mass is 19.1. The van der Waals surface area contributed by atoms with Gasteiger partial charge < -0.3 is 19.3 Å². The number of carbonyl (C=O) groups excluding carboxylic acids is 2. The van der Waals surface area contributed by atoms with Crippen LogP contribution in [0.4, 0.5) is 13.6 Å². The second-order valence-corrected chi connectivity index (χ2v) is 4.93. The van der Waals surface area contributed by atoms with Gasteiger partial charge in [0.05, 0.1) is 6.61 Å². The van der Waals surface area contributed by atoms with E-state index in [1.54, 1.807) is 6.92 Å². The van der Waals surface area contributed by atoms with Crippen LogP contribution in [0.2, 0.25) is 0 Å². The summed E-state index contributed by atoms with van der Waals surface area (Å²) in [5.74, 6) is -2.07. The Balaban J connectivity index is 1.80. The first-order valence-corrected chi connectivity index (χ1v) is 7.28. The van der Waals surface area contributed by atoms with Crippen LogP contribution in [0.15, 0.2) is 18.2 Å². The highest BCUT2D eigenvalue weighted by Crippen LogP contribution is 2.17. The van der Waals surface area contributed by atoms with E-state index in [-0.39, 0.29) is 18.3 Å². The summed E-state index contributed by atoms with van der Waals surface area (Å²) in [6.07, 6.45) is -0.399. The van der Waals surface area contributed by atoms with Gasteiger partial charge in [0.25, 0.3) is 5.91 Å². The van der Waals surface area contributed by atoms with Gasteiger partial charge in [0.2, 0.25) is 0 Å². The van der Waals surface area contributed by atoms with E-state index in [0.717, 1.165) is 12.1 Å². The van der Waals surface area contributed by atoms with E-state index >= 15 is 0 Å². The van der Waals surface area contributed by atoms with Crippen molar-refractivity contribution in [1.82, 2.24) is 9.80 Å². The number of rotatable bonds is 4. The molecule has 23 heavy (non-hydrogen) atoms. The zero-order chi connectivity index (χ0) is 16.8. The number of hydrogen-bond donors (Lipinski definition) is 0. The monoisotopic (exact) mass is 328 g/mol. The fourth-order valence-corrected chi connectivity index (χ4v) is 2.18. The average Bonchev–Trinajstić information content (AvgIpc) is 2.54. The van der Waals surface area contributed by atoms with Crippen molar-refractivity contribution in [3.8, 4) is 5.75 Å². The first kappa shape index (κ1) is 17.0. The Kier molecular flexibility index (Phi) is 5.72. The van der Waals surface area contributed by atoms with Crippen LogP contribution in [-0.2, 0) is 9.53 Å². The smallest absolute Gasteiger partial charge is 0.409 e. The second-order valence-electron chi connectivity index (χ2n) is 4.93. The molecule has 0 radical (unpaired) electrons. The molecule has 0 bridgehead atoms. The van der Waals surface area contributed by atoms with Gasteiger partial charge in [-0.05, 0) is 19.1 Å². The minimum atomic E-state index is -0.857. The zero-order valence-corrected chi connectivity index (χ0v) is 12.8. The maximum absolute atomic E-state index is 13.4. The van der Waals surface area contributed by atoms with Gasteiger partial charge >= 0.3 is 6.09 Å². The van der Waals surface area contributed by atoms with Crippen LogP contribution < -0.4 is 4.74 Å². The Hall–Kier alpha value is -2.38. The molecule has 1 heterocycles. The summed E-state index contributed by atoms with van der Waals surface area (Å²) in [5.41, 5.74) is 0. The van der Waals surface area contributed by atoms with E-state index in [9.17, 15) is 18.4 Å². The second kappa shape index (κ2) is 7.75. The Morgan fingerprint density at radius 2 is 1.78 bits per heavy atom. The first-order valence-electron chi connectivity index (χ1n) is 7.28. The van der Waals surface area contributed by atoms with E-state index in [1.807, 2.05) is 0 Å². The minimum absolute atomic E-state index is 0.176. The lowest BCUT2D eigenvalue weighted by molar-refractivity contribution is -0.135. The lowest BCUT2D eigenvalue weighted by atomic mass is 10.3. The van der Waals surface area contributed by atoms with Gasteiger partial charge in [-0.15, -0.1) is 0 Å². The molecule has 0 atom stereocenters. The van der Waals surface area contributed by atoms with E-state index in [1.165, 1.54) is 9.80 Å². The molecule has 126 valence electrons. The highest BCUT2D eigenvalue weighted by Gasteiger charge is 2.25. The molecule has 0 aromatic heterocycles. The third-order valence-electron chi connectivity index (χ3n) is 3.40. The van der Waals surface area contributed by atoms with Crippen molar-refractivity contribution < 1.29 is 27.8 Å². The number of nitrogens with zero attached hydrogens (tertiary/aromatic N) is 2. The number of halogens is 2. The average molecular weight is 328 g/mol. The molecule has 0 saturated carbocycles. The molecule has 1 aliphatic rings. The zero-order valence-electron chi connectivity index (χ0n) is 12.8. The molecule has 6 nitrogen and oxygen atoms in total. The Bertz CT molecular complexity index is 575. The SMILES string of the molecule is CCOC(=O)N1CCN(C(=O)COc2ccc(F)cc2F)CC1. The summed E-state index contributed by atoms with van der Waals surface area (Å²) in [6, 6.07) is 2.88. The van der Waals surface area contributed by atoms with Gasteiger partial charge in [0.1, 0.15) is 5.82 Å². The molecule has 1 aromatic rings. The maximum atomic E-state index is 13.4. The molecular weight excluding hydrogens is 310 g/mol. The summed E-state index contributed by atoms with van der Waals surface area (Å²) < 4.78 is 36.2. The predicted octanol–water partition coefficient (Wildman–Crippen LogP) is 1.64. The van der Waals surface area contributed by atoms with E-state index in [0.29, 0.717) is 38.9 Å². The number of piperazine rings is 1. The number of hydrogen-bond acceptors (Lipinski definition) is 4. The number of carbonyl (C=O) groups is 2. The van der Waals surface area contributed by atoms with Crippen LogP contribution >= 0.6 is 0 Å². The topological polar surface area (TPSA) is 59.1 Å². The fraction of sp³-hybridized carbons (Fsp3) is 0.467. The molecule has 0 N–H and O–H groups in total. The van der Waals surface area contributed by atoms with Crippen molar-refractivity contribution in [1.29, 1.82) is 0 Å². The molecule has 2 amide bonds. The first-order chi connectivity index (χ1) is 11.0. The van der Waals surface area contributed by atoms with Crippen LogP contribution in [0, 0.1) is 11.6 Å². The maximum Gasteiger partial charge on any atom is 0.409 e. The van der Waals surface area contributed by atoms with Gasteiger partial charge in [-0.2, -0.15) is 0 Å². The van der Waals surface area contributed by atoms with E-state index in [4.69, 9.17) is 9.47 Å². The largest absolute Gasteiger partial charge is 0.481 e. The van der Waals surface area contributed by atoms with Crippen molar-refractivity contribution in [3.63, 3.8) is 0 Å². The number of ether oxygens (including phenoxy) is 2. The molecule has 0 spiro atoms. The Morgan fingerprint density at radius 3 is 2.39 bits per heavy atom. The van der Waals surface area contributed by atoms with Crippen molar-refractivity contribution in [2.75, 3.05) is 39.4 Å². The van der Waals surface area contributed by atoms with Crippen LogP contribution in [0.5, 0.6) is 5.75 Å². The van der Waals surface area contributed by atoms with Crippen molar-refractivity contribution in [3.05, 3.63) is 29.8 Å². The van der Waals surface area contributed by atoms with Gasteiger partial charge in [0.15, 0.2) is 18.2 Å². The van der Waals surface area contributed by atoms with Gasteiger partial charge in [-0.1, -0.05) is 0 Å². The molecule has 8 heteroatoms. The summed E-state index contributed by atoms with van der Waals surface area (Å²) in [4.78, 5) is 26.6. The lowest BCUT2D eigenvalue weighted by Gasteiger charge is -2.33. The molecule has 2 rings (SSSR count). The van der Waals surface area contributed by atoms with Crippen molar-refractivity contribution in [2.45, 2.75) is 6.92 Å². The molecule has 0 aliphatic carbocycles. The predicted molar refractivity (Wildman–Crippen MR) is 77.0 cm³/mol. The van der Waals surface area contributed by atoms with Crippen molar-refractivity contribution >= 4 is 12.0 Å². The molecule has 1 saturated heterocycles. The summed E-state index contributed by atoms with van der Waals surface area (Å²) in [6.45, 7) is 3.13. The molecule has 0 unspecified atom stereocenters. The quantitative estimate of drug-likeness (QED) is 0.843. The Labute approximate surface area is 132 Å². The third kappa shape index (κ3) is 4.54. The van der Waals surface area contributed by atoms with Crippen molar-refractivity contribution in [2.24, 2.45) is 0 Å². The molecule has 1 aliphatic heterocycles. The summed E-state index contributed by atoms with van der Waals surface area (Å²) in [5, 5.41) is 0. The lowest BCUT2D eigenvalue weighted by Crippen LogP contribution is -2.51. The van der Waals surface area contributed by atoms with Crippen LogP contribution in [-0.4, -0.2) is 61.2 Å². The summed E-state index contributed by atoms with van der Waals surface area (Å²) >= 11 is 0. The molecule has 1 fully saturated rings. The van der Waals surface area contributed by atoms with Crippen LogP contribution in [0.1, 0.15) is 6.92 Å². The Morgan fingerprint density at radius 1 is 1.13 bits per heavy atom. The summed E-state index contributed by atoms with van der Waals surface area (Å²) in [7, 11) is 0. The molecule has 1 aromatic carbocycles.